The first-order valence-electron chi connectivity index (χ1n) is 23.3. The van der Waals surface area contributed by atoms with E-state index in [4.69, 9.17) is 4.42 Å². The maximum absolute atomic E-state index is 6.42. The summed E-state index contributed by atoms with van der Waals surface area (Å²) in [7, 11) is 0. The highest BCUT2D eigenvalue weighted by Crippen LogP contribution is 2.63. The SMILES string of the molecule is CC1(C)c2ccccc2-c2ccc(N(c3ccc4c(c3)-c3ccccc3-c3ccccc3C43c4ccccc4-c4cc5sc6ccccc6c5cc43)c3ccc4oc5ccccc5c4c3)cc21. The van der Waals surface area contributed by atoms with Crippen LogP contribution in [-0.2, 0) is 10.8 Å². The van der Waals surface area contributed by atoms with Crippen molar-refractivity contribution >= 4 is 70.5 Å². The summed E-state index contributed by atoms with van der Waals surface area (Å²) in [6.07, 6.45) is 0. The van der Waals surface area contributed by atoms with Gasteiger partial charge in [0.25, 0.3) is 0 Å². The van der Waals surface area contributed by atoms with Crippen LogP contribution in [0.4, 0.5) is 17.1 Å². The Morgan fingerprint density at radius 1 is 0.328 bits per heavy atom. The molecular formula is C64H41NOS. The molecule has 12 aromatic rings. The highest BCUT2D eigenvalue weighted by molar-refractivity contribution is 7.25. The molecule has 10 aromatic carbocycles. The second kappa shape index (κ2) is 13.3. The van der Waals surface area contributed by atoms with E-state index in [-0.39, 0.29) is 5.41 Å². The van der Waals surface area contributed by atoms with Crippen molar-refractivity contribution in [2.75, 3.05) is 4.90 Å². The van der Waals surface area contributed by atoms with E-state index in [1.807, 2.05) is 17.4 Å². The minimum atomic E-state index is -0.602. The standard InChI is InChI=1S/C64H41NOS/c1-63(2)53-22-10-5-18-44(53)46-30-27-40(35-57(46)63)65(39-29-32-60-51(34-39)47-20-8-13-25-59(47)66-60)38-28-31-56-49(33-38)42-16-4-3-15-41(42)43-17-6-11-23-54(43)64(56)55-24-12-7-19-45(55)50-37-62-52(36-58(50)64)48-21-9-14-26-61(48)67-62/h3-37H,1-2H3. The number of hydrogen-bond acceptors (Lipinski definition) is 3. The van der Waals surface area contributed by atoms with Gasteiger partial charge < -0.3 is 9.32 Å². The Morgan fingerprint density at radius 2 is 0.851 bits per heavy atom. The fourth-order valence-corrected chi connectivity index (χ4v) is 13.7. The zero-order valence-electron chi connectivity index (χ0n) is 37.0. The highest BCUT2D eigenvalue weighted by Gasteiger charge is 2.50. The normalized spacial score (nSPS) is 15.8. The van der Waals surface area contributed by atoms with Gasteiger partial charge in [-0.25, -0.2) is 0 Å². The third-order valence-corrected chi connectivity index (χ3v) is 16.6. The summed E-state index contributed by atoms with van der Waals surface area (Å²) in [5, 5.41) is 4.86. The van der Waals surface area contributed by atoms with E-state index in [2.05, 4.69) is 225 Å². The Bertz CT molecular complexity index is 4110. The van der Waals surface area contributed by atoms with Crippen LogP contribution in [-0.4, -0.2) is 0 Å². The van der Waals surface area contributed by atoms with Crippen LogP contribution in [0.1, 0.15) is 47.2 Å². The van der Waals surface area contributed by atoms with E-state index in [1.165, 1.54) is 98.1 Å². The molecule has 2 nitrogen and oxygen atoms in total. The summed E-state index contributed by atoms with van der Waals surface area (Å²) < 4.78 is 9.07. The molecule has 0 N–H and O–H groups in total. The molecule has 0 saturated carbocycles. The molecule has 1 atom stereocenters. The van der Waals surface area contributed by atoms with Crippen LogP contribution in [0.2, 0.25) is 0 Å². The Morgan fingerprint density at radius 3 is 1.64 bits per heavy atom. The average Bonchev–Trinajstić information content (AvgIpc) is 4.06. The molecule has 314 valence electrons. The molecular weight excluding hydrogens is 831 g/mol. The van der Waals surface area contributed by atoms with Crippen LogP contribution >= 0.6 is 11.3 Å². The lowest BCUT2D eigenvalue weighted by atomic mass is 9.65. The number of thiophene rings is 1. The van der Waals surface area contributed by atoms with Gasteiger partial charge in [0.15, 0.2) is 0 Å². The van der Waals surface area contributed by atoms with E-state index < -0.39 is 5.41 Å². The number of nitrogens with zero attached hydrogens (tertiary/aromatic N) is 1. The molecule has 1 unspecified atom stereocenters. The van der Waals surface area contributed by atoms with Crippen LogP contribution in [0.5, 0.6) is 0 Å². The van der Waals surface area contributed by atoms with Crippen molar-refractivity contribution in [2.24, 2.45) is 0 Å². The molecule has 3 aliphatic carbocycles. The predicted octanol–water partition coefficient (Wildman–Crippen LogP) is 17.7. The lowest BCUT2D eigenvalue weighted by Gasteiger charge is -2.36. The smallest absolute Gasteiger partial charge is 0.135 e. The third kappa shape index (κ3) is 4.89. The summed E-state index contributed by atoms with van der Waals surface area (Å²) in [6, 6.07) is 79.9. The lowest BCUT2D eigenvalue weighted by molar-refractivity contribution is 0.660. The van der Waals surface area contributed by atoms with E-state index in [0.717, 1.165) is 39.0 Å². The zero-order chi connectivity index (χ0) is 44.2. The largest absolute Gasteiger partial charge is 0.456 e. The first kappa shape index (κ1) is 37.3. The van der Waals surface area contributed by atoms with Crippen LogP contribution < -0.4 is 4.90 Å². The van der Waals surface area contributed by atoms with Crippen molar-refractivity contribution in [1.29, 1.82) is 0 Å². The van der Waals surface area contributed by atoms with Crippen LogP contribution in [0.25, 0.3) is 86.6 Å². The molecule has 0 fully saturated rings. The van der Waals surface area contributed by atoms with E-state index in [9.17, 15) is 0 Å². The first-order chi connectivity index (χ1) is 33.0. The van der Waals surface area contributed by atoms with E-state index in [0.29, 0.717) is 0 Å². The Hall–Kier alpha value is -7.98. The van der Waals surface area contributed by atoms with Gasteiger partial charge in [0.2, 0.25) is 0 Å². The van der Waals surface area contributed by atoms with Crippen molar-refractivity contribution in [1.82, 2.24) is 0 Å². The van der Waals surface area contributed by atoms with Crippen molar-refractivity contribution in [3.63, 3.8) is 0 Å². The number of rotatable bonds is 3. The van der Waals surface area contributed by atoms with Crippen molar-refractivity contribution in [3.05, 3.63) is 246 Å². The fourth-order valence-electron chi connectivity index (χ4n) is 12.6. The average molecular weight is 872 g/mol. The Labute approximate surface area is 392 Å². The lowest BCUT2D eigenvalue weighted by Crippen LogP contribution is -2.29. The summed E-state index contributed by atoms with van der Waals surface area (Å²) in [6.45, 7) is 4.74. The van der Waals surface area contributed by atoms with Gasteiger partial charge in [0.1, 0.15) is 11.2 Å². The predicted molar refractivity (Wildman–Crippen MR) is 281 cm³/mol. The van der Waals surface area contributed by atoms with Crippen LogP contribution in [0, 0.1) is 0 Å². The number of benzene rings is 10. The van der Waals surface area contributed by atoms with Gasteiger partial charge in [-0.2, -0.15) is 0 Å². The van der Waals surface area contributed by atoms with Crippen molar-refractivity contribution in [2.45, 2.75) is 24.7 Å². The summed E-state index contributed by atoms with van der Waals surface area (Å²) in [4.78, 5) is 2.48. The molecule has 0 saturated heterocycles. The number of anilines is 3. The minimum absolute atomic E-state index is 0.161. The molecule has 3 aliphatic rings. The third-order valence-electron chi connectivity index (χ3n) is 15.5. The quantitative estimate of drug-likeness (QED) is 0.176. The topological polar surface area (TPSA) is 16.4 Å². The minimum Gasteiger partial charge on any atom is -0.456 e. The van der Waals surface area contributed by atoms with Gasteiger partial charge in [-0.05, 0) is 145 Å². The first-order valence-corrected chi connectivity index (χ1v) is 24.1. The molecule has 0 aliphatic heterocycles. The summed E-state index contributed by atoms with van der Waals surface area (Å²) >= 11 is 1.90. The van der Waals surface area contributed by atoms with E-state index >= 15 is 0 Å². The molecule has 0 bridgehead atoms. The van der Waals surface area contributed by atoms with Gasteiger partial charge >= 0.3 is 0 Å². The fraction of sp³-hybridized carbons (Fsp3) is 0.0625. The molecule has 67 heavy (non-hydrogen) atoms. The van der Waals surface area contributed by atoms with Gasteiger partial charge in [0, 0.05) is 53.4 Å². The maximum atomic E-state index is 6.42. The van der Waals surface area contributed by atoms with Crippen molar-refractivity contribution < 1.29 is 4.42 Å². The number of fused-ring (bicyclic) bond motifs is 21. The number of furan rings is 1. The molecule has 15 rings (SSSR count). The molecule has 0 radical (unpaired) electrons. The highest BCUT2D eigenvalue weighted by atomic mass is 32.1. The van der Waals surface area contributed by atoms with Gasteiger partial charge in [-0.1, -0.05) is 159 Å². The summed E-state index contributed by atoms with van der Waals surface area (Å²) in [5.41, 5.74) is 22.5. The Balaban J connectivity index is 1.04. The number of para-hydroxylation sites is 1. The molecule has 1 spiro atoms. The number of hydrogen-bond donors (Lipinski definition) is 0. The molecule has 3 heteroatoms. The molecule has 2 aromatic heterocycles. The molecule has 2 heterocycles. The zero-order valence-corrected chi connectivity index (χ0v) is 37.8. The molecule has 0 amide bonds. The van der Waals surface area contributed by atoms with Gasteiger partial charge in [-0.15, -0.1) is 11.3 Å². The van der Waals surface area contributed by atoms with Gasteiger partial charge in [0.05, 0.1) is 5.41 Å². The summed E-state index contributed by atoms with van der Waals surface area (Å²) in [5.74, 6) is 0. The maximum Gasteiger partial charge on any atom is 0.135 e. The van der Waals surface area contributed by atoms with Crippen LogP contribution in [0.15, 0.2) is 217 Å². The second-order valence-corrected chi connectivity index (χ2v) is 20.2. The van der Waals surface area contributed by atoms with Gasteiger partial charge in [-0.3, -0.25) is 0 Å². The monoisotopic (exact) mass is 871 g/mol. The van der Waals surface area contributed by atoms with E-state index in [1.54, 1.807) is 0 Å². The second-order valence-electron chi connectivity index (χ2n) is 19.1. The van der Waals surface area contributed by atoms with Crippen molar-refractivity contribution in [3.8, 4) is 44.5 Å². The Kier molecular flexibility index (Phi) is 7.41. The van der Waals surface area contributed by atoms with Crippen LogP contribution in [0.3, 0.4) is 0 Å².